The van der Waals surface area contributed by atoms with E-state index < -0.39 is 9.12 Å². The highest BCUT2D eigenvalue weighted by Gasteiger charge is 2.15. The van der Waals surface area contributed by atoms with Crippen LogP contribution in [0, 0.1) is 0 Å². The number of nitrogens with one attached hydrogen (secondary N) is 1. The first kappa shape index (κ1) is 11.2. The van der Waals surface area contributed by atoms with Crippen LogP contribution in [0.15, 0.2) is 0 Å². The maximum atomic E-state index is 6.12. The largest absolute Gasteiger partial charge is 0.341 e. The van der Waals surface area contributed by atoms with Gasteiger partial charge in [0.05, 0.1) is 0 Å². The third-order valence-electron chi connectivity index (χ3n) is 2.92. The standard InChI is InChI=1S/C10H24N2Si/c1-2-3-9-13(11)12-10-7-5-4-6-8-10/h10,12-13H,2-9,11H2,1H3. The van der Waals surface area contributed by atoms with Crippen molar-refractivity contribution in [1.82, 2.24) is 4.98 Å². The molecule has 1 rings (SSSR count). The summed E-state index contributed by atoms with van der Waals surface area (Å²) in [6, 6.07) is 2.04. The lowest BCUT2D eigenvalue weighted by atomic mass is 9.96. The van der Waals surface area contributed by atoms with Gasteiger partial charge in [-0.1, -0.05) is 39.0 Å². The summed E-state index contributed by atoms with van der Waals surface area (Å²) in [4.78, 5) is 3.67. The second-order valence-corrected chi connectivity index (χ2v) is 6.37. The van der Waals surface area contributed by atoms with Gasteiger partial charge >= 0.3 is 0 Å². The van der Waals surface area contributed by atoms with Crippen molar-refractivity contribution in [3.8, 4) is 0 Å². The van der Waals surface area contributed by atoms with Gasteiger partial charge in [-0.05, 0) is 18.9 Å². The van der Waals surface area contributed by atoms with Crippen LogP contribution in [-0.2, 0) is 0 Å². The smallest absolute Gasteiger partial charge is 0.182 e. The van der Waals surface area contributed by atoms with Gasteiger partial charge in [0.25, 0.3) is 0 Å². The van der Waals surface area contributed by atoms with Gasteiger partial charge in [0.1, 0.15) is 0 Å². The maximum Gasteiger partial charge on any atom is 0.182 e. The van der Waals surface area contributed by atoms with E-state index in [-0.39, 0.29) is 0 Å². The van der Waals surface area contributed by atoms with Crippen molar-refractivity contribution >= 4 is 9.12 Å². The van der Waals surface area contributed by atoms with E-state index in [1.54, 1.807) is 0 Å². The summed E-state index contributed by atoms with van der Waals surface area (Å²) < 4.78 is 0. The van der Waals surface area contributed by atoms with E-state index >= 15 is 0 Å². The number of hydrogen-bond acceptors (Lipinski definition) is 2. The van der Waals surface area contributed by atoms with Gasteiger partial charge in [-0.25, -0.2) is 0 Å². The van der Waals surface area contributed by atoms with Crippen LogP contribution < -0.4 is 10.4 Å². The van der Waals surface area contributed by atoms with Crippen LogP contribution in [-0.4, -0.2) is 15.2 Å². The molecule has 0 radical (unpaired) electrons. The maximum absolute atomic E-state index is 6.12. The molecule has 1 atom stereocenters. The lowest BCUT2D eigenvalue weighted by Crippen LogP contribution is -2.48. The molecule has 0 spiro atoms. The molecule has 1 aliphatic carbocycles. The van der Waals surface area contributed by atoms with Crippen molar-refractivity contribution < 1.29 is 0 Å². The average Bonchev–Trinajstić information content (AvgIpc) is 2.16. The molecule has 0 bridgehead atoms. The molecule has 0 amide bonds. The van der Waals surface area contributed by atoms with Crippen LogP contribution >= 0.6 is 0 Å². The Morgan fingerprint density at radius 2 is 2.00 bits per heavy atom. The fourth-order valence-corrected chi connectivity index (χ4v) is 4.03. The first-order valence-electron chi connectivity index (χ1n) is 5.84. The molecule has 0 heterocycles. The molecule has 0 aliphatic heterocycles. The minimum atomic E-state index is -1.04. The van der Waals surface area contributed by atoms with Crippen molar-refractivity contribution in [3.63, 3.8) is 0 Å². The number of nitrogens with two attached hydrogens (primary N) is 1. The van der Waals surface area contributed by atoms with Gasteiger partial charge in [0.2, 0.25) is 0 Å². The van der Waals surface area contributed by atoms with Crippen molar-refractivity contribution in [1.29, 1.82) is 0 Å². The van der Waals surface area contributed by atoms with E-state index in [0.717, 1.165) is 6.04 Å². The normalized spacial score (nSPS) is 21.7. The monoisotopic (exact) mass is 200 g/mol. The van der Waals surface area contributed by atoms with Gasteiger partial charge < -0.3 is 10.4 Å². The lowest BCUT2D eigenvalue weighted by Gasteiger charge is -2.25. The summed E-state index contributed by atoms with van der Waals surface area (Å²) >= 11 is 0. The minimum Gasteiger partial charge on any atom is -0.341 e. The molecule has 78 valence electrons. The first-order chi connectivity index (χ1) is 6.33. The van der Waals surface area contributed by atoms with Crippen molar-refractivity contribution in [2.45, 2.75) is 64.0 Å². The molecule has 13 heavy (non-hydrogen) atoms. The Morgan fingerprint density at radius 3 is 2.62 bits per heavy atom. The SMILES string of the molecule is CCCC[SiH](N)NC1CCCCC1. The summed E-state index contributed by atoms with van der Waals surface area (Å²) in [5.74, 6) is 0. The fraction of sp³-hybridized carbons (Fsp3) is 1.00. The number of rotatable bonds is 5. The van der Waals surface area contributed by atoms with E-state index in [2.05, 4.69) is 11.9 Å². The zero-order valence-corrected chi connectivity index (χ0v) is 10.0. The predicted molar refractivity (Wildman–Crippen MR) is 61.1 cm³/mol. The molecule has 2 nitrogen and oxygen atoms in total. The van der Waals surface area contributed by atoms with Crippen molar-refractivity contribution in [3.05, 3.63) is 0 Å². The summed E-state index contributed by atoms with van der Waals surface area (Å²) in [6.45, 7) is 2.24. The van der Waals surface area contributed by atoms with Crippen LogP contribution in [0.1, 0.15) is 51.9 Å². The van der Waals surface area contributed by atoms with Gasteiger partial charge in [0.15, 0.2) is 9.12 Å². The second kappa shape index (κ2) is 6.57. The molecule has 3 N–H and O–H groups in total. The molecule has 3 heteroatoms. The molecule has 0 aromatic carbocycles. The first-order valence-corrected chi connectivity index (χ1v) is 7.90. The Morgan fingerprint density at radius 1 is 1.31 bits per heavy atom. The minimum absolute atomic E-state index is 0.771. The zero-order chi connectivity index (χ0) is 9.52. The van der Waals surface area contributed by atoms with Crippen LogP contribution in [0.5, 0.6) is 0 Å². The number of unbranched alkanes of at least 4 members (excludes halogenated alkanes) is 1. The van der Waals surface area contributed by atoms with Crippen LogP contribution in [0.25, 0.3) is 0 Å². The van der Waals surface area contributed by atoms with E-state index in [0.29, 0.717) is 0 Å². The Kier molecular flexibility index (Phi) is 5.67. The third kappa shape index (κ3) is 4.79. The molecular weight excluding hydrogens is 176 g/mol. The molecule has 1 saturated carbocycles. The molecule has 1 fully saturated rings. The number of hydrogen-bond donors (Lipinski definition) is 2. The third-order valence-corrected chi connectivity index (χ3v) is 4.85. The fourth-order valence-electron chi connectivity index (χ4n) is 2.08. The van der Waals surface area contributed by atoms with Gasteiger partial charge in [-0.3, -0.25) is 0 Å². The molecule has 0 aromatic rings. The summed E-state index contributed by atoms with van der Waals surface area (Å²) in [5.41, 5.74) is 0. The van der Waals surface area contributed by atoms with Crippen LogP contribution in [0.4, 0.5) is 0 Å². The van der Waals surface area contributed by atoms with Gasteiger partial charge in [-0.15, -0.1) is 0 Å². The van der Waals surface area contributed by atoms with Crippen molar-refractivity contribution in [2.24, 2.45) is 5.40 Å². The lowest BCUT2D eigenvalue weighted by molar-refractivity contribution is 0.415. The van der Waals surface area contributed by atoms with E-state index in [4.69, 9.17) is 5.40 Å². The molecule has 0 aromatic heterocycles. The Balaban J connectivity index is 2.07. The van der Waals surface area contributed by atoms with Crippen LogP contribution in [0.3, 0.4) is 0 Å². The summed E-state index contributed by atoms with van der Waals surface area (Å²) in [6.07, 6.45) is 9.59. The summed E-state index contributed by atoms with van der Waals surface area (Å²) in [7, 11) is -1.04. The highest BCUT2D eigenvalue weighted by atomic mass is 28.3. The van der Waals surface area contributed by atoms with Gasteiger partial charge in [-0.2, -0.15) is 0 Å². The highest BCUT2D eigenvalue weighted by molar-refractivity contribution is 6.52. The Bertz CT molecular complexity index is 124. The molecular formula is C10H24N2Si. The highest BCUT2D eigenvalue weighted by Crippen LogP contribution is 2.17. The Hall–Kier alpha value is 0.137. The second-order valence-electron chi connectivity index (χ2n) is 4.25. The van der Waals surface area contributed by atoms with E-state index in [9.17, 15) is 0 Å². The molecule has 0 saturated heterocycles. The van der Waals surface area contributed by atoms with Crippen LogP contribution in [0.2, 0.25) is 6.04 Å². The Labute approximate surface area is 84.0 Å². The van der Waals surface area contributed by atoms with Crippen molar-refractivity contribution in [2.75, 3.05) is 0 Å². The zero-order valence-electron chi connectivity index (χ0n) is 8.89. The topological polar surface area (TPSA) is 38.0 Å². The van der Waals surface area contributed by atoms with E-state index in [1.165, 1.54) is 51.0 Å². The molecule has 1 unspecified atom stereocenters. The molecule has 1 aliphatic rings. The summed E-state index contributed by atoms with van der Waals surface area (Å²) in [5, 5.41) is 6.12. The average molecular weight is 200 g/mol. The quantitative estimate of drug-likeness (QED) is 0.665. The predicted octanol–water partition coefficient (Wildman–Crippen LogP) is 1.89. The van der Waals surface area contributed by atoms with Gasteiger partial charge in [0, 0.05) is 6.04 Å². The van der Waals surface area contributed by atoms with E-state index in [1.807, 2.05) is 0 Å².